The predicted octanol–water partition coefficient (Wildman–Crippen LogP) is 3.24. The van der Waals surface area contributed by atoms with E-state index in [1.165, 1.54) is 11.6 Å². The Morgan fingerprint density at radius 2 is 1.87 bits per heavy atom. The number of hydrogen-bond acceptors (Lipinski definition) is 7. The second kappa shape index (κ2) is 10.6. The van der Waals surface area contributed by atoms with Crippen molar-refractivity contribution >= 4 is 21.7 Å². The highest BCUT2D eigenvalue weighted by molar-refractivity contribution is 7.86. The highest BCUT2D eigenvalue weighted by Crippen LogP contribution is 2.53. The molecule has 1 amide bonds. The topological polar surface area (TPSA) is 103 Å². The van der Waals surface area contributed by atoms with E-state index in [0.717, 1.165) is 75.8 Å². The van der Waals surface area contributed by atoms with E-state index in [0.29, 0.717) is 6.04 Å². The molecule has 0 aromatic heterocycles. The standard InChI is InChI=1S/C28H33FN4O4S/c1-38(35,36)37-19-27(34)31-26-17-28(24-5-3-2-4-23(24)26)10-8-21(9-11-28)32-12-14-33(15-13-32)22-7-6-20(18-30)25(29)16-22/h2-7,16,21,26H,8-15,17,19H2,1H3,(H,31,34). The molecule has 1 heterocycles. The lowest BCUT2D eigenvalue weighted by Gasteiger charge is -2.45. The molecule has 0 bridgehead atoms. The van der Waals surface area contributed by atoms with Gasteiger partial charge in [-0.15, -0.1) is 0 Å². The number of carbonyl (C=O) groups excluding carboxylic acids is 1. The van der Waals surface area contributed by atoms with Crippen molar-refractivity contribution in [1.29, 1.82) is 5.26 Å². The first-order valence-electron chi connectivity index (χ1n) is 13.1. The number of nitrogens with zero attached hydrogens (tertiary/aromatic N) is 3. The monoisotopic (exact) mass is 540 g/mol. The molecule has 1 aliphatic heterocycles. The molecule has 3 aliphatic rings. The maximum Gasteiger partial charge on any atom is 0.264 e. The van der Waals surface area contributed by atoms with Gasteiger partial charge >= 0.3 is 0 Å². The molecular weight excluding hydrogens is 507 g/mol. The average molecular weight is 541 g/mol. The Morgan fingerprint density at radius 1 is 1.16 bits per heavy atom. The van der Waals surface area contributed by atoms with E-state index in [2.05, 4.69) is 37.5 Å². The quantitative estimate of drug-likeness (QED) is 0.561. The predicted molar refractivity (Wildman–Crippen MR) is 142 cm³/mol. The fraction of sp³-hybridized carbons (Fsp3) is 0.500. The highest BCUT2D eigenvalue weighted by Gasteiger charge is 2.46. The lowest BCUT2D eigenvalue weighted by atomic mass is 9.68. The van der Waals surface area contributed by atoms with Crippen LogP contribution >= 0.6 is 0 Å². The average Bonchev–Trinajstić information content (AvgIpc) is 3.20. The number of halogens is 1. The van der Waals surface area contributed by atoms with E-state index in [1.807, 2.05) is 18.2 Å². The molecule has 8 nitrogen and oxygen atoms in total. The van der Waals surface area contributed by atoms with Crippen LogP contribution in [0.25, 0.3) is 0 Å². The Balaban J connectivity index is 1.18. The van der Waals surface area contributed by atoms with Crippen molar-refractivity contribution in [2.75, 3.05) is 43.9 Å². The van der Waals surface area contributed by atoms with Crippen molar-refractivity contribution in [3.05, 3.63) is 65.0 Å². The summed E-state index contributed by atoms with van der Waals surface area (Å²) in [7, 11) is -3.68. The Labute approximate surface area is 223 Å². The third kappa shape index (κ3) is 5.55. The summed E-state index contributed by atoms with van der Waals surface area (Å²) in [6.07, 6.45) is 5.94. The van der Waals surface area contributed by atoms with Gasteiger partial charge in [-0.3, -0.25) is 13.9 Å². The van der Waals surface area contributed by atoms with Gasteiger partial charge < -0.3 is 10.2 Å². The molecular formula is C28H33FN4O4S. The van der Waals surface area contributed by atoms with E-state index in [-0.39, 0.29) is 17.0 Å². The van der Waals surface area contributed by atoms with Crippen LogP contribution in [0, 0.1) is 17.1 Å². The summed E-state index contributed by atoms with van der Waals surface area (Å²) >= 11 is 0. The maximum absolute atomic E-state index is 14.1. The van der Waals surface area contributed by atoms with E-state index in [4.69, 9.17) is 5.26 Å². The van der Waals surface area contributed by atoms with Gasteiger partial charge in [-0.05, 0) is 66.8 Å². The zero-order valence-corrected chi connectivity index (χ0v) is 22.3. The summed E-state index contributed by atoms with van der Waals surface area (Å²) in [6, 6.07) is 15.3. The maximum atomic E-state index is 14.1. The van der Waals surface area contributed by atoms with Crippen LogP contribution in [0.4, 0.5) is 10.1 Å². The molecule has 38 heavy (non-hydrogen) atoms. The summed E-state index contributed by atoms with van der Waals surface area (Å²) in [5.41, 5.74) is 3.30. The van der Waals surface area contributed by atoms with Crippen LogP contribution in [0.5, 0.6) is 0 Å². The molecule has 1 saturated carbocycles. The number of benzene rings is 2. The fourth-order valence-electron chi connectivity index (χ4n) is 6.55. The number of piperazine rings is 1. The third-order valence-corrected chi connectivity index (χ3v) is 8.97. The molecule has 202 valence electrons. The van der Waals surface area contributed by atoms with Gasteiger partial charge in [0.1, 0.15) is 18.5 Å². The van der Waals surface area contributed by atoms with E-state index in [1.54, 1.807) is 6.07 Å². The number of hydrogen-bond donors (Lipinski definition) is 1. The van der Waals surface area contributed by atoms with Gasteiger partial charge in [-0.25, -0.2) is 4.39 Å². The third-order valence-electron chi connectivity index (χ3n) is 8.42. The lowest BCUT2D eigenvalue weighted by molar-refractivity contribution is -0.123. The molecule has 1 unspecified atom stereocenters. The van der Waals surface area contributed by atoms with Gasteiger partial charge in [-0.1, -0.05) is 24.3 Å². The zero-order valence-electron chi connectivity index (χ0n) is 21.5. The minimum absolute atomic E-state index is 0.00453. The van der Waals surface area contributed by atoms with Crippen LogP contribution in [-0.4, -0.2) is 64.3 Å². The second-order valence-corrected chi connectivity index (χ2v) is 12.3. The van der Waals surface area contributed by atoms with E-state index >= 15 is 0 Å². The van der Waals surface area contributed by atoms with Crippen LogP contribution in [0.15, 0.2) is 42.5 Å². The zero-order chi connectivity index (χ0) is 26.9. The minimum atomic E-state index is -3.68. The van der Waals surface area contributed by atoms with Crippen LogP contribution in [-0.2, 0) is 24.5 Å². The van der Waals surface area contributed by atoms with Gasteiger partial charge in [-0.2, -0.15) is 13.7 Å². The fourth-order valence-corrected chi connectivity index (χ4v) is 6.87. The van der Waals surface area contributed by atoms with Crippen LogP contribution < -0.4 is 10.2 Å². The van der Waals surface area contributed by atoms with Crippen molar-refractivity contribution in [2.24, 2.45) is 0 Å². The molecule has 1 N–H and O–H groups in total. The number of fused-ring (bicyclic) bond motifs is 2. The molecule has 1 saturated heterocycles. The van der Waals surface area contributed by atoms with Crippen molar-refractivity contribution < 1.29 is 21.8 Å². The van der Waals surface area contributed by atoms with E-state index < -0.39 is 28.4 Å². The molecule has 10 heteroatoms. The van der Waals surface area contributed by atoms with Crippen LogP contribution in [0.3, 0.4) is 0 Å². The number of carbonyl (C=O) groups is 1. The van der Waals surface area contributed by atoms with Crippen LogP contribution in [0.1, 0.15) is 54.8 Å². The van der Waals surface area contributed by atoms with Crippen molar-refractivity contribution in [3.8, 4) is 6.07 Å². The lowest BCUT2D eigenvalue weighted by Crippen LogP contribution is -2.52. The highest BCUT2D eigenvalue weighted by atomic mass is 32.2. The minimum Gasteiger partial charge on any atom is -0.369 e. The van der Waals surface area contributed by atoms with Crippen molar-refractivity contribution in [1.82, 2.24) is 10.2 Å². The van der Waals surface area contributed by atoms with Crippen molar-refractivity contribution in [3.63, 3.8) is 0 Å². The Bertz CT molecular complexity index is 1340. The van der Waals surface area contributed by atoms with Gasteiger partial charge in [0.25, 0.3) is 10.1 Å². The van der Waals surface area contributed by atoms with Crippen LogP contribution in [0.2, 0.25) is 0 Å². The number of rotatable bonds is 6. The van der Waals surface area contributed by atoms with Gasteiger partial charge in [0, 0.05) is 37.9 Å². The largest absolute Gasteiger partial charge is 0.369 e. The molecule has 0 radical (unpaired) electrons. The number of anilines is 1. The first-order chi connectivity index (χ1) is 18.2. The summed E-state index contributed by atoms with van der Waals surface area (Å²) in [4.78, 5) is 17.1. The van der Waals surface area contributed by atoms with Gasteiger partial charge in [0.2, 0.25) is 5.91 Å². The molecule has 2 aromatic rings. The smallest absolute Gasteiger partial charge is 0.264 e. The van der Waals surface area contributed by atoms with Crippen molar-refractivity contribution in [2.45, 2.75) is 49.6 Å². The molecule has 2 fully saturated rings. The van der Waals surface area contributed by atoms with Gasteiger partial charge in [0.15, 0.2) is 0 Å². The number of nitrogens with one attached hydrogen (secondary N) is 1. The molecule has 2 aromatic carbocycles. The molecule has 2 aliphatic carbocycles. The number of nitriles is 1. The summed E-state index contributed by atoms with van der Waals surface area (Å²) in [5, 5.41) is 12.0. The molecule has 1 spiro atoms. The molecule has 5 rings (SSSR count). The Hall–Kier alpha value is -3.00. The van der Waals surface area contributed by atoms with Gasteiger partial charge in [0.05, 0.1) is 17.9 Å². The Morgan fingerprint density at radius 3 is 2.53 bits per heavy atom. The summed E-state index contributed by atoms with van der Waals surface area (Å²) < 4.78 is 41.3. The molecule has 1 atom stereocenters. The summed E-state index contributed by atoms with van der Waals surface area (Å²) in [6.45, 7) is 2.95. The summed E-state index contributed by atoms with van der Waals surface area (Å²) in [5.74, 6) is -0.903. The normalized spacial score (nSPS) is 25.7. The second-order valence-electron chi connectivity index (χ2n) is 10.7. The first kappa shape index (κ1) is 26.6. The number of amides is 1. The van der Waals surface area contributed by atoms with E-state index in [9.17, 15) is 17.6 Å². The SMILES string of the molecule is CS(=O)(=O)OCC(=O)NC1CC2(CCC(N3CCN(c4ccc(C#N)c(F)c4)CC3)CC2)c2ccccc21. The Kier molecular flexibility index (Phi) is 7.45. The first-order valence-corrected chi connectivity index (χ1v) is 14.9.